The maximum absolute atomic E-state index is 12.3. The van der Waals surface area contributed by atoms with E-state index in [-0.39, 0.29) is 30.0 Å². The van der Waals surface area contributed by atoms with Gasteiger partial charge in [0.15, 0.2) is 0 Å². The van der Waals surface area contributed by atoms with Crippen molar-refractivity contribution in [2.45, 2.75) is 194 Å². The van der Waals surface area contributed by atoms with E-state index in [0.29, 0.717) is 75.0 Å². The Labute approximate surface area is 517 Å². The highest BCUT2D eigenvalue weighted by Crippen LogP contribution is 2.28. The van der Waals surface area contributed by atoms with E-state index in [4.69, 9.17) is 58.5 Å². The van der Waals surface area contributed by atoms with Gasteiger partial charge in [0.25, 0.3) is 0 Å². The Morgan fingerprint density at radius 2 is 0.964 bits per heavy atom. The normalized spacial score (nSPS) is 23.8. The summed E-state index contributed by atoms with van der Waals surface area (Å²) in [6.07, 6.45) is 8.80. The molecule has 0 unspecified atom stereocenters. The van der Waals surface area contributed by atoms with E-state index < -0.39 is 11.2 Å². The number of ether oxygens (including phenoxy) is 6. The minimum Gasteiger partial charge on any atom is -0.466 e. The smallest absolute Gasteiger partial charge is 0.410 e. The first-order chi connectivity index (χ1) is 39.8. The minimum absolute atomic E-state index is 0.195. The highest BCUT2D eigenvalue weighted by molar-refractivity contribution is 6.31. The first-order valence-electron chi connectivity index (χ1n) is 30.5. The van der Waals surface area contributed by atoms with E-state index in [1.54, 1.807) is 11.8 Å². The third-order valence-corrected chi connectivity index (χ3v) is 15.9. The Kier molecular flexibility index (Phi) is 30.0. The fraction of sp³-hybridized carbons (Fsp3) is 0.662. The lowest BCUT2D eigenvalue weighted by Gasteiger charge is -2.46. The highest BCUT2D eigenvalue weighted by atomic mass is 35.5. The van der Waals surface area contributed by atoms with Crippen LogP contribution in [0.1, 0.15) is 131 Å². The average Bonchev–Trinajstić information content (AvgIpc) is 3.18. The van der Waals surface area contributed by atoms with Crippen LogP contribution in [0.4, 0.5) is 9.59 Å². The van der Waals surface area contributed by atoms with Crippen LogP contribution >= 0.6 is 34.8 Å². The first kappa shape index (κ1) is 70.7. The van der Waals surface area contributed by atoms with Gasteiger partial charge in [-0.1, -0.05) is 71.2 Å². The van der Waals surface area contributed by atoms with Crippen LogP contribution in [0.25, 0.3) is 0 Å². The summed E-state index contributed by atoms with van der Waals surface area (Å²) in [4.78, 5) is 53.4. The number of carbonyl (C=O) groups is 4. The zero-order valence-corrected chi connectivity index (χ0v) is 54.4. The molecule has 6 aliphatic rings. The molecule has 0 bridgehead atoms. The van der Waals surface area contributed by atoms with Gasteiger partial charge in [-0.15, -0.1) is 0 Å². The molecule has 6 heterocycles. The predicted molar refractivity (Wildman–Crippen MR) is 336 cm³/mol. The van der Waals surface area contributed by atoms with Gasteiger partial charge in [0.1, 0.15) is 17.0 Å². The minimum atomic E-state index is -0.460. The molecular weight excluding hydrogens is 1130 g/mol. The number of halogens is 3. The monoisotopic (exact) mass is 1230 g/mol. The van der Waals surface area contributed by atoms with Gasteiger partial charge < -0.3 is 48.9 Å². The second kappa shape index (κ2) is 35.7. The van der Waals surface area contributed by atoms with Crippen molar-refractivity contribution in [3.63, 3.8) is 0 Å². The molecule has 84 heavy (non-hydrogen) atoms. The lowest BCUT2D eigenvalue weighted by Crippen LogP contribution is -2.57. The molecule has 0 saturated carbocycles. The molecule has 19 heteroatoms. The van der Waals surface area contributed by atoms with Crippen LogP contribution in [0.5, 0.6) is 0 Å². The largest absolute Gasteiger partial charge is 0.466 e. The number of likely N-dealkylation sites (tertiary alicyclic amines) is 2. The van der Waals surface area contributed by atoms with Crippen LogP contribution in [0.3, 0.4) is 0 Å². The molecule has 2 N–H and O–H groups in total. The summed E-state index contributed by atoms with van der Waals surface area (Å²) < 4.78 is 32.6. The summed E-state index contributed by atoms with van der Waals surface area (Å²) in [5.74, 6) is 0.0160. The Morgan fingerprint density at radius 1 is 0.571 bits per heavy atom. The van der Waals surface area contributed by atoms with Gasteiger partial charge in [0, 0.05) is 111 Å². The molecule has 2 amide bonds. The van der Waals surface area contributed by atoms with Crippen LogP contribution in [-0.4, -0.2) is 189 Å². The Balaban J connectivity index is 0.000000205. The number of ketones is 1. The number of hydrogen-bond donors (Lipinski definition) is 2. The number of piperidine rings is 3. The lowest BCUT2D eigenvalue weighted by molar-refractivity contribution is -0.140. The van der Waals surface area contributed by atoms with Crippen molar-refractivity contribution in [2.75, 3.05) is 85.3 Å². The number of benzene rings is 3. The van der Waals surface area contributed by atoms with Gasteiger partial charge >= 0.3 is 18.2 Å². The Hall–Kier alpha value is -4.07. The number of esters is 1. The molecule has 16 nitrogen and oxygen atoms in total. The van der Waals surface area contributed by atoms with Crippen LogP contribution in [-0.2, 0) is 57.3 Å². The van der Waals surface area contributed by atoms with E-state index in [9.17, 15) is 19.2 Å². The van der Waals surface area contributed by atoms with E-state index >= 15 is 0 Å². The second-order valence-corrected chi connectivity index (χ2v) is 26.1. The van der Waals surface area contributed by atoms with Crippen LogP contribution in [0, 0.1) is 0 Å². The molecule has 0 spiro atoms. The summed E-state index contributed by atoms with van der Waals surface area (Å²) in [5.41, 5.74) is 3.02. The van der Waals surface area contributed by atoms with Crippen molar-refractivity contribution >= 4 is 58.7 Å². The van der Waals surface area contributed by atoms with Crippen molar-refractivity contribution in [1.82, 2.24) is 30.2 Å². The quantitative estimate of drug-likeness (QED) is 0.154. The standard InChI is InChI=1S/C22H33ClN2O3.C17H25ClN2O.C12H16ClNO.C10H17NO3.C4H8O2/c1-16-14-25(20(15-27-16)13-17-5-7-18(23)8-6-17)19-9-11-24(12-10-19)21(26)28-22(2,3)4;1-13-11-20(16-6-8-19-9-7-16)17(12-21-13)10-14-2-4-15(18)5-3-14;1-9-7-14-12(8-15-9)6-10-2-4-11(13)5-3-10;1-10(2,3)14-9(13)11-6-4-8(12)5-7-11;1-3-6-4(2)5/h5-8,16,19-20H,9-15H2,1-4H3;2-5,13,16-17,19H,6-12H2,1H3;2-5,9,12,14H,6-8H2,1H3;4-7H2,1-3H3;3H2,1-2H3/t16-,20-;13-,17-;9-,12-;;/m000../s1. The molecule has 0 aromatic heterocycles. The number of morpholine rings is 3. The predicted octanol–water partition coefficient (Wildman–Crippen LogP) is 11.5. The highest BCUT2D eigenvalue weighted by Gasteiger charge is 2.37. The van der Waals surface area contributed by atoms with Crippen LogP contribution in [0.2, 0.25) is 15.1 Å². The Bertz CT molecular complexity index is 2400. The fourth-order valence-electron chi connectivity index (χ4n) is 10.9. The van der Waals surface area contributed by atoms with Gasteiger partial charge in [0.05, 0.1) is 44.7 Å². The van der Waals surface area contributed by atoms with Gasteiger partial charge in [-0.3, -0.25) is 19.4 Å². The van der Waals surface area contributed by atoms with Crippen LogP contribution < -0.4 is 10.6 Å². The van der Waals surface area contributed by atoms with E-state index in [0.717, 1.165) is 113 Å². The molecule has 3 aromatic carbocycles. The molecule has 3 aromatic rings. The number of rotatable bonds is 9. The van der Waals surface area contributed by atoms with Gasteiger partial charge in [0.2, 0.25) is 0 Å². The third-order valence-electron chi connectivity index (χ3n) is 15.1. The molecule has 6 aliphatic heterocycles. The molecule has 6 fully saturated rings. The van der Waals surface area contributed by atoms with Gasteiger partial charge in [-0.2, -0.15) is 0 Å². The van der Waals surface area contributed by atoms with Crippen molar-refractivity contribution < 1.29 is 47.6 Å². The maximum atomic E-state index is 12.3. The summed E-state index contributed by atoms with van der Waals surface area (Å²) in [7, 11) is 0. The first-order valence-corrected chi connectivity index (χ1v) is 31.6. The number of nitrogens with zero attached hydrogens (tertiary/aromatic N) is 4. The van der Waals surface area contributed by atoms with Gasteiger partial charge in [-0.25, -0.2) is 9.59 Å². The lowest BCUT2D eigenvalue weighted by atomic mass is 9.96. The summed E-state index contributed by atoms with van der Waals surface area (Å²) >= 11 is 17.8. The topological polar surface area (TPSA) is 161 Å². The second-order valence-electron chi connectivity index (χ2n) is 24.8. The third kappa shape index (κ3) is 26.9. The van der Waals surface area contributed by atoms with Crippen molar-refractivity contribution in [3.8, 4) is 0 Å². The number of hydrogen-bond acceptors (Lipinski definition) is 14. The van der Waals surface area contributed by atoms with E-state index in [2.05, 4.69) is 82.3 Å². The molecule has 0 aliphatic carbocycles. The summed E-state index contributed by atoms with van der Waals surface area (Å²) in [6, 6.07) is 26.8. The summed E-state index contributed by atoms with van der Waals surface area (Å²) in [5, 5.41) is 9.30. The number of amides is 2. The zero-order chi connectivity index (χ0) is 61.4. The summed E-state index contributed by atoms with van der Waals surface area (Å²) in [6.45, 7) is 31.4. The van der Waals surface area contributed by atoms with Gasteiger partial charge in [-0.05, 0) is 180 Å². The zero-order valence-electron chi connectivity index (χ0n) is 52.1. The fourth-order valence-corrected chi connectivity index (χ4v) is 11.2. The SMILES string of the molecule is CC(C)(C)OC(=O)N1CCC(=O)CC1.CCOC(C)=O.C[C@H]1CN(C2CCN(C(=O)OC(C)(C)C)CC2)[C@@H](Cc2ccc(Cl)cc2)CO1.C[C@H]1CN(C2CCNCC2)[C@@H](Cc2ccc(Cl)cc2)CO1.C[C@H]1CN[C@@H](Cc2ccc(Cl)cc2)CO1. The Morgan fingerprint density at radius 3 is 1.33 bits per heavy atom. The van der Waals surface area contributed by atoms with E-state index in [1.807, 2.05) is 82.8 Å². The van der Waals surface area contributed by atoms with Crippen LogP contribution in [0.15, 0.2) is 72.8 Å². The number of Topliss-reactive ketones (excluding diaryl/α,β-unsaturated/α-hetero) is 1. The van der Waals surface area contributed by atoms with E-state index in [1.165, 1.54) is 36.5 Å². The maximum Gasteiger partial charge on any atom is 0.410 e. The molecule has 6 atom stereocenters. The molecule has 470 valence electrons. The van der Waals surface area contributed by atoms with Crippen molar-refractivity contribution in [3.05, 3.63) is 105 Å². The van der Waals surface area contributed by atoms with Crippen molar-refractivity contribution in [1.29, 1.82) is 0 Å². The molecule has 9 rings (SSSR count). The molecule has 0 radical (unpaired) electrons. The average molecular weight is 1230 g/mol. The van der Waals surface area contributed by atoms with Crippen molar-refractivity contribution in [2.24, 2.45) is 0 Å². The number of nitrogens with one attached hydrogen (secondary N) is 2. The molecule has 6 saturated heterocycles. The number of carbonyl (C=O) groups excluding carboxylic acids is 4. The molecular formula is C65H99Cl3N6O10.